The second kappa shape index (κ2) is 7.03. The van der Waals surface area contributed by atoms with Crippen molar-refractivity contribution in [3.8, 4) is 0 Å². The minimum atomic E-state index is 0.106. The Bertz CT molecular complexity index is 448. The molecule has 0 spiro atoms. The maximum absolute atomic E-state index is 12.7. The molecule has 2 rings (SSSR count). The third kappa shape index (κ3) is 3.69. The molecule has 0 bridgehead atoms. The summed E-state index contributed by atoms with van der Waals surface area (Å²) in [6.07, 6.45) is 6.77. The fraction of sp³-hybridized carbons (Fsp3) is 0.611. The van der Waals surface area contributed by atoms with Gasteiger partial charge in [0.15, 0.2) is 5.78 Å². The van der Waals surface area contributed by atoms with Gasteiger partial charge in [-0.15, -0.1) is 0 Å². The second-order valence-corrected chi connectivity index (χ2v) is 6.39. The molecule has 2 nitrogen and oxygen atoms in total. The molecule has 1 aliphatic carbocycles. The summed E-state index contributed by atoms with van der Waals surface area (Å²) in [6.45, 7) is 4.08. The monoisotopic (exact) mass is 273 g/mol. The van der Waals surface area contributed by atoms with Crippen LogP contribution in [-0.2, 0) is 0 Å². The van der Waals surface area contributed by atoms with Crippen LogP contribution in [0.1, 0.15) is 74.2 Å². The first-order valence-corrected chi connectivity index (χ1v) is 7.98. The Morgan fingerprint density at radius 2 is 1.95 bits per heavy atom. The number of Topliss-reactive ketones (excluding diaryl/α,β-unsaturated/α-hetero) is 1. The molecule has 0 radical (unpaired) electrons. The number of nitrogens with two attached hydrogens (primary N) is 1. The molecule has 1 aromatic carbocycles. The number of benzene rings is 1. The van der Waals surface area contributed by atoms with Gasteiger partial charge in [-0.05, 0) is 44.1 Å². The van der Waals surface area contributed by atoms with Gasteiger partial charge >= 0.3 is 0 Å². The van der Waals surface area contributed by atoms with Gasteiger partial charge in [-0.25, -0.2) is 0 Å². The van der Waals surface area contributed by atoms with Crippen LogP contribution in [0.4, 0.5) is 0 Å². The van der Waals surface area contributed by atoms with E-state index in [0.29, 0.717) is 11.7 Å². The summed E-state index contributed by atoms with van der Waals surface area (Å²) in [5, 5.41) is 0. The number of ketones is 1. The molecule has 0 aromatic heterocycles. The van der Waals surface area contributed by atoms with E-state index in [1.165, 1.54) is 24.8 Å². The molecule has 2 unspecified atom stereocenters. The summed E-state index contributed by atoms with van der Waals surface area (Å²) in [7, 11) is 0. The average molecular weight is 273 g/mol. The van der Waals surface area contributed by atoms with Crippen molar-refractivity contribution in [1.82, 2.24) is 0 Å². The predicted molar refractivity (Wildman–Crippen MR) is 84.0 cm³/mol. The van der Waals surface area contributed by atoms with E-state index in [-0.39, 0.29) is 12.0 Å². The number of rotatable bonds is 7. The second-order valence-electron chi connectivity index (χ2n) is 6.39. The fourth-order valence-corrected chi connectivity index (χ4v) is 2.94. The molecule has 1 saturated carbocycles. The van der Waals surface area contributed by atoms with Gasteiger partial charge in [0.25, 0.3) is 0 Å². The molecule has 0 heterocycles. The summed E-state index contributed by atoms with van der Waals surface area (Å²) in [4.78, 5) is 12.7. The lowest BCUT2D eigenvalue weighted by Gasteiger charge is -2.28. The highest BCUT2D eigenvalue weighted by atomic mass is 16.1. The lowest BCUT2D eigenvalue weighted by Crippen LogP contribution is -2.19. The Morgan fingerprint density at radius 3 is 2.55 bits per heavy atom. The van der Waals surface area contributed by atoms with Crippen molar-refractivity contribution in [2.75, 3.05) is 0 Å². The normalized spacial score (nSPS) is 18.4. The first kappa shape index (κ1) is 15.2. The summed E-state index contributed by atoms with van der Waals surface area (Å²) in [6, 6.07) is 8.44. The van der Waals surface area contributed by atoms with E-state index in [9.17, 15) is 4.79 Å². The maximum Gasteiger partial charge on any atom is 0.165 e. The van der Waals surface area contributed by atoms with E-state index < -0.39 is 0 Å². The number of carbonyl (C=O) groups excluding carboxylic acids is 1. The van der Waals surface area contributed by atoms with Crippen LogP contribution in [0.15, 0.2) is 24.3 Å². The smallest absolute Gasteiger partial charge is 0.165 e. The van der Waals surface area contributed by atoms with Crippen molar-refractivity contribution >= 4 is 5.78 Å². The molecule has 1 fully saturated rings. The zero-order chi connectivity index (χ0) is 14.5. The van der Waals surface area contributed by atoms with Crippen LogP contribution < -0.4 is 5.73 Å². The molecular weight excluding hydrogens is 246 g/mol. The summed E-state index contributed by atoms with van der Waals surface area (Å²) < 4.78 is 0. The van der Waals surface area contributed by atoms with Gasteiger partial charge in [0, 0.05) is 17.5 Å². The maximum atomic E-state index is 12.7. The van der Waals surface area contributed by atoms with Gasteiger partial charge in [-0.1, -0.05) is 44.0 Å². The van der Waals surface area contributed by atoms with E-state index in [4.69, 9.17) is 5.73 Å². The van der Waals surface area contributed by atoms with Gasteiger partial charge in [0.1, 0.15) is 0 Å². The van der Waals surface area contributed by atoms with E-state index in [1.54, 1.807) is 0 Å². The molecule has 2 N–H and O–H groups in total. The number of hydrogen-bond acceptors (Lipinski definition) is 2. The Kier molecular flexibility index (Phi) is 5.36. The lowest BCUT2D eigenvalue weighted by molar-refractivity contribution is 0.0920. The average Bonchev–Trinajstić information content (AvgIpc) is 2.36. The Balaban J connectivity index is 2.01. The van der Waals surface area contributed by atoms with Crippen LogP contribution in [0.25, 0.3) is 0 Å². The topological polar surface area (TPSA) is 43.1 Å². The third-order valence-electron chi connectivity index (χ3n) is 4.52. The van der Waals surface area contributed by atoms with Gasteiger partial charge in [0.2, 0.25) is 0 Å². The van der Waals surface area contributed by atoms with Crippen molar-refractivity contribution in [3.63, 3.8) is 0 Å². The van der Waals surface area contributed by atoms with Crippen LogP contribution in [0.3, 0.4) is 0 Å². The minimum Gasteiger partial charge on any atom is -0.328 e. The molecule has 1 aliphatic rings. The summed E-state index contributed by atoms with van der Waals surface area (Å²) in [5.74, 6) is 1.04. The molecule has 2 atom stereocenters. The molecule has 110 valence electrons. The fourth-order valence-electron chi connectivity index (χ4n) is 2.94. The first-order valence-electron chi connectivity index (χ1n) is 7.98. The number of carbonyl (C=O) groups is 1. The zero-order valence-electron chi connectivity index (χ0n) is 12.8. The van der Waals surface area contributed by atoms with Crippen molar-refractivity contribution in [2.24, 2.45) is 11.7 Å². The zero-order valence-corrected chi connectivity index (χ0v) is 12.8. The molecule has 0 saturated heterocycles. The highest BCUT2D eigenvalue weighted by Gasteiger charge is 2.25. The SMILES string of the molecule is CC(N)CCCC(C)C(=O)c1ccccc1C1CCC1. The highest BCUT2D eigenvalue weighted by molar-refractivity contribution is 5.99. The van der Waals surface area contributed by atoms with Crippen molar-refractivity contribution in [3.05, 3.63) is 35.4 Å². The predicted octanol–water partition coefficient (Wildman–Crippen LogP) is 4.29. The van der Waals surface area contributed by atoms with Crippen LogP contribution in [0.2, 0.25) is 0 Å². The summed E-state index contributed by atoms with van der Waals surface area (Å²) >= 11 is 0. The van der Waals surface area contributed by atoms with Crippen molar-refractivity contribution < 1.29 is 4.79 Å². The number of hydrogen-bond donors (Lipinski definition) is 1. The Morgan fingerprint density at radius 1 is 1.25 bits per heavy atom. The third-order valence-corrected chi connectivity index (χ3v) is 4.52. The minimum absolute atomic E-state index is 0.106. The van der Waals surface area contributed by atoms with Crippen LogP contribution in [0.5, 0.6) is 0 Å². The molecule has 0 aliphatic heterocycles. The molecular formula is C18H27NO. The van der Waals surface area contributed by atoms with Crippen molar-refractivity contribution in [1.29, 1.82) is 0 Å². The van der Waals surface area contributed by atoms with Crippen LogP contribution >= 0.6 is 0 Å². The largest absolute Gasteiger partial charge is 0.328 e. The Labute approximate surface area is 122 Å². The van der Waals surface area contributed by atoms with Gasteiger partial charge in [-0.3, -0.25) is 4.79 Å². The molecule has 1 aromatic rings. The van der Waals surface area contributed by atoms with E-state index >= 15 is 0 Å². The first-order chi connectivity index (χ1) is 9.59. The summed E-state index contributed by atoms with van der Waals surface area (Å²) in [5.41, 5.74) is 8.01. The molecule has 20 heavy (non-hydrogen) atoms. The Hall–Kier alpha value is -1.15. The van der Waals surface area contributed by atoms with E-state index in [2.05, 4.69) is 19.1 Å². The molecule has 2 heteroatoms. The van der Waals surface area contributed by atoms with Gasteiger partial charge in [0.05, 0.1) is 0 Å². The van der Waals surface area contributed by atoms with E-state index in [0.717, 1.165) is 24.8 Å². The van der Waals surface area contributed by atoms with Gasteiger partial charge < -0.3 is 5.73 Å². The lowest BCUT2D eigenvalue weighted by atomic mass is 9.76. The van der Waals surface area contributed by atoms with E-state index in [1.807, 2.05) is 19.1 Å². The highest BCUT2D eigenvalue weighted by Crippen LogP contribution is 2.38. The quantitative estimate of drug-likeness (QED) is 0.753. The van der Waals surface area contributed by atoms with Gasteiger partial charge in [-0.2, -0.15) is 0 Å². The van der Waals surface area contributed by atoms with Crippen LogP contribution in [-0.4, -0.2) is 11.8 Å². The van der Waals surface area contributed by atoms with Crippen molar-refractivity contribution in [2.45, 2.75) is 64.3 Å². The standard InChI is InChI=1S/C18H27NO/c1-13(7-5-8-14(2)19)18(20)17-12-4-3-11-16(17)15-9-6-10-15/h3-4,11-15H,5-10,19H2,1-2H3. The van der Waals surface area contributed by atoms with Crippen LogP contribution in [0, 0.1) is 5.92 Å². The molecule has 0 amide bonds.